The number of ether oxygens (including phenoxy) is 1. The smallest absolute Gasteiger partial charge is 0.417 e. The molecule has 1 saturated carbocycles. The largest absolute Gasteiger partial charge is 0.443 e. The van der Waals surface area contributed by atoms with Gasteiger partial charge >= 0.3 is 6.09 Å². The highest BCUT2D eigenvalue weighted by molar-refractivity contribution is 9.09. The minimum Gasteiger partial charge on any atom is -0.443 e. The summed E-state index contributed by atoms with van der Waals surface area (Å²) in [5.74, 6) is -0.661. The lowest BCUT2D eigenvalue weighted by atomic mass is 10.1. The fourth-order valence-corrected chi connectivity index (χ4v) is 3.37. The third-order valence-electron chi connectivity index (χ3n) is 3.08. The summed E-state index contributed by atoms with van der Waals surface area (Å²) in [5.41, 5.74) is -0.215. The average Bonchev–Trinajstić information content (AvgIpc) is 2.66. The van der Waals surface area contributed by atoms with E-state index in [1.807, 2.05) is 0 Å². The summed E-state index contributed by atoms with van der Waals surface area (Å²) in [6, 6.07) is -0.553. The van der Waals surface area contributed by atoms with Crippen molar-refractivity contribution >= 4 is 27.9 Å². The van der Waals surface area contributed by atoms with E-state index in [0.717, 1.165) is 4.90 Å². The van der Waals surface area contributed by atoms with Crippen LogP contribution in [0.5, 0.6) is 0 Å². The van der Waals surface area contributed by atoms with Crippen LogP contribution in [0.25, 0.3) is 0 Å². The van der Waals surface area contributed by atoms with Crippen molar-refractivity contribution in [1.29, 1.82) is 0 Å². The second kappa shape index (κ2) is 4.33. The molecule has 2 aliphatic rings. The number of carbonyl (C=O) groups is 2. The molecule has 0 aromatic rings. The van der Waals surface area contributed by atoms with Crippen LogP contribution in [0.1, 0.15) is 27.2 Å². The molecule has 0 spiro atoms. The van der Waals surface area contributed by atoms with Crippen molar-refractivity contribution in [3.8, 4) is 0 Å². The lowest BCUT2D eigenvalue weighted by Crippen LogP contribution is -2.46. The molecule has 1 saturated heterocycles. The third-order valence-corrected chi connectivity index (χ3v) is 4.22. The van der Waals surface area contributed by atoms with Gasteiger partial charge in [0.05, 0.1) is 23.1 Å². The van der Waals surface area contributed by atoms with Crippen LogP contribution in [-0.2, 0) is 9.53 Å². The Kier molecular flexibility index (Phi) is 3.25. The first-order valence-electron chi connectivity index (χ1n) is 5.75. The second-order valence-electron chi connectivity index (χ2n) is 5.57. The zero-order valence-corrected chi connectivity index (χ0v) is 12.0. The van der Waals surface area contributed by atoms with E-state index in [2.05, 4.69) is 15.9 Å². The van der Waals surface area contributed by atoms with Gasteiger partial charge in [0.15, 0.2) is 0 Å². The molecule has 18 heavy (non-hydrogen) atoms. The van der Waals surface area contributed by atoms with Gasteiger partial charge in [0.2, 0.25) is 5.91 Å². The van der Waals surface area contributed by atoms with Gasteiger partial charge in [-0.15, -0.1) is 0 Å². The number of amides is 2. The maximum atomic E-state index is 12.8. The Labute approximate surface area is 113 Å². The van der Waals surface area contributed by atoms with E-state index in [-0.39, 0.29) is 16.7 Å². The fourth-order valence-electron chi connectivity index (χ4n) is 2.38. The number of halogens is 2. The molecule has 100 valence electrons. The van der Waals surface area contributed by atoms with Crippen molar-refractivity contribution in [3.63, 3.8) is 0 Å². The molecular weight excluding hydrogens is 305 g/mol. The highest BCUT2D eigenvalue weighted by Gasteiger charge is 2.57. The molecular formula is C12H15BrFNO3. The molecule has 6 heteroatoms. The lowest BCUT2D eigenvalue weighted by molar-refractivity contribution is -0.132. The fraction of sp³-hybridized carbons (Fsp3) is 0.667. The summed E-state index contributed by atoms with van der Waals surface area (Å²) >= 11 is 3.36. The Morgan fingerprint density at radius 1 is 1.56 bits per heavy atom. The van der Waals surface area contributed by atoms with Gasteiger partial charge in [0.1, 0.15) is 5.60 Å². The van der Waals surface area contributed by atoms with Crippen LogP contribution >= 0.6 is 15.9 Å². The molecule has 2 fully saturated rings. The number of fused-ring (bicyclic) bond motifs is 2. The van der Waals surface area contributed by atoms with Crippen molar-refractivity contribution in [2.24, 2.45) is 5.92 Å². The Morgan fingerprint density at radius 3 is 2.61 bits per heavy atom. The van der Waals surface area contributed by atoms with Crippen molar-refractivity contribution in [2.75, 3.05) is 0 Å². The lowest BCUT2D eigenvalue weighted by Gasteiger charge is -2.29. The Balaban J connectivity index is 2.24. The normalized spacial score (nSPS) is 33.4. The Bertz CT molecular complexity index is 430. The number of hydrogen-bond acceptors (Lipinski definition) is 3. The predicted octanol–water partition coefficient (Wildman–Crippen LogP) is 2.77. The molecule has 0 aromatic heterocycles. The third kappa shape index (κ3) is 2.06. The number of imide groups is 1. The molecule has 1 aliphatic carbocycles. The highest BCUT2D eigenvalue weighted by Crippen LogP contribution is 2.46. The van der Waals surface area contributed by atoms with Crippen LogP contribution in [0.2, 0.25) is 0 Å². The number of carbonyl (C=O) groups excluding carboxylic acids is 2. The van der Waals surface area contributed by atoms with Gasteiger partial charge in [0, 0.05) is 0 Å². The van der Waals surface area contributed by atoms with Crippen LogP contribution in [0.4, 0.5) is 9.18 Å². The number of likely N-dealkylation sites (tertiary alicyclic amines) is 1. The summed E-state index contributed by atoms with van der Waals surface area (Å²) < 4.78 is 17.9. The van der Waals surface area contributed by atoms with Crippen LogP contribution in [0.15, 0.2) is 11.9 Å². The maximum absolute atomic E-state index is 12.8. The number of alkyl halides is 1. The van der Waals surface area contributed by atoms with Gasteiger partial charge in [-0.25, -0.2) is 14.1 Å². The van der Waals surface area contributed by atoms with E-state index in [1.54, 1.807) is 20.8 Å². The van der Waals surface area contributed by atoms with Crippen LogP contribution < -0.4 is 0 Å². The van der Waals surface area contributed by atoms with E-state index in [1.165, 1.54) is 0 Å². The zero-order chi connectivity index (χ0) is 13.7. The average molecular weight is 320 g/mol. The van der Waals surface area contributed by atoms with Crippen molar-refractivity contribution in [3.05, 3.63) is 11.9 Å². The molecule has 0 N–H and O–H groups in total. The molecule has 0 aromatic carbocycles. The molecule has 2 bridgehead atoms. The molecule has 1 aliphatic heterocycles. The Morgan fingerprint density at radius 2 is 2.17 bits per heavy atom. The zero-order valence-electron chi connectivity index (χ0n) is 10.4. The van der Waals surface area contributed by atoms with Gasteiger partial charge in [-0.1, -0.05) is 15.9 Å². The number of hydrogen-bond donors (Lipinski definition) is 0. The summed E-state index contributed by atoms with van der Waals surface area (Å²) in [6.45, 7) is 5.17. The number of nitrogens with zero attached hydrogens (tertiary/aromatic N) is 1. The van der Waals surface area contributed by atoms with E-state index in [4.69, 9.17) is 4.74 Å². The van der Waals surface area contributed by atoms with E-state index >= 15 is 0 Å². The minimum absolute atomic E-state index is 0.223. The summed E-state index contributed by atoms with van der Waals surface area (Å²) in [6.07, 6.45) is 0.154. The second-order valence-corrected chi connectivity index (χ2v) is 6.63. The van der Waals surface area contributed by atoms with Crippen molar-refractivity contribution < 1.29 is 18.7 Å². The molecule has 0 unspecified atom stereocenters. The topological polar surface area (TPSA) is 46.6 Å². The number of rotatable bonds is 0. The van der Waals surface area contributed by atoms with Crippen molar-refractivity contribution in [1.82, 2.24) is 4.90 Å². The van der Waals surface area contributed by atoms with Crippen LogP contribution in [0, 0.1) is 5.92 Å². The van der Waals surface area contributed by atoms with Gasteiger partial charge in [-0.05, 0) is 32.8 Å². The minimum atomic E-state index is -0.705. The Hall–Kier alpha value is -0.910. The van der Waals surface area contributed by atoms with Crippen molar-refractivity contribution in [2.45, 2.75) is 43.7 Å². The maximum Gasteiger partial charge on any atom is 0.417 e. The van der Waals surface area contributed by atoms with Gasteiger partial charge in [-0.3, -0.25) is 4.79 Å². The molecule has 3 atom stereocenters. The number of piperidine rings is 1. The van der Waals surface area contributed by atoms with Crippen LogP contribution in [0.3, 0.4) is 0 Å². The molecule has 4 nitrogen and oxygen atoms in total. The molecule has 1 heterocycles. The van der Waals surface area contributed by atoms with E-state index < -0.39 is 17.7 Å². The molecule has 0 radical (unpaired) electrons. The van der Waals surface area contributed by atoms with Gasteiger partial charge in [-0.2, -0.15) is 0 Å². The SMILES string of the molecule is CC(C)(C)OC(=O)N1C(=O)[C@H]2C/C(=C\F)[C@@H]1[C@@H]2Br. The summed E-state index contributed by atoms with van der Waals surface area (Å²) in [7, 11) is 0. The first-order valence-corrected chi connectivity index (χ1v) is 6.67. The van der Waals surface area contributed by atoms with Gasteiger partial charge < -0.3 is 4.74 Å². The quantitative estimate of drug-likeness (QED) is 0.645. The summed E-state index contributed by atoms with van der Waals surface area (Å²) in [5, 5.41) is 0. The van der Waals surface area contributed by atoms with Gasteiger partial charge in [0.25, 0.3) is 0 Å². The first kappa shape index (κ1) is 13.5. The molecule has 2 rings (SSSR count). The summed E-state index contributed by atoms with van der Waals surface area (Å²) in [4.78, 5) is 24.8. The predicted molar refractivity (Wildman–Crippen MR) is 66.9 cm³/mol. The monoisotopic (exact) mass is 319 g/mol. The highest BCUT2D eigenvalue weighted by atomic mass is 79.9. The van der Waals surface area contributed by atoms with Crippen LogP contribution in [-0.4, -0.2) is 33.4 Å². The first-order chi connectivity index (χ1) is 8.26. The van der Waals surface area contributed by atoms with E-state index in [9.17, 15) is 14.0 Å². The standard InChI is InChI=1S/C12H15BrFNO3/c1-12(2,3)18-11(17)15-9-6(5-14)4-7(8(9)13)10(15)16/h5,7-9H,4H2,1-3H3/b6-5+/t7-,8+,9+/m0/s1. The van der Waals surface area contributed by atoms with E-state index in [0.29, 0.717) is 18.3 Å². The molecule has 2 amide bonds.